The van der Waals surface area contributed by atoms with Crippen molar-refractivity contribution < 1.29 is 0 Å². The van der Waals surface area contributed by atoms with E-state index in [4.69, 9.17) is 4.98 Å². The topological polar surface area (TPSA) is 19.4 Å². The molecule has 3 heteroatoms. The summed E-state index contributed by atoms with van der Waals surface area (Å²) < 4.78 is 0. The zero-order chi connectivity index (χ0) is 16.2. The molecule has 1 unspecified atom stereocenters. The summed E-state index contributed by atoms with van der Waals surface area (Å²) in [5.74, 6) is 1.15. The normalized spacial score (nSPS) is 22.0. The highest BCUT2D eigenvalue weighted by Gasteiger charge is 2.24. The minimum atomic E-state index is 0.513. The third-order valence-electron chi connectivity index (χ3n) is 5.43. The summed E-state index contributed by atoms with van der Waals surface area (Å²) in [4.78, 5) is 9.82. The van der Waals surface area contributed by atoms with Crippen LogP contribution in [0.3, 0.4) is 0 Å². The van der Waals surface area contributed by atoms with Crippen LogP contribution in [0.15, 0.2) is 48.7 Å². The van der Waals surface area contributed by atoms with Gasteiger partial charge in [0.1, 0.15) is 5.82 Å². The Morgan fingerprint density at radius 1 is 0.875 bits per heavy atom. The Labute approximate surface area is 145 Å². The van der Waals surface area contributed by atoms with Crippen LogP contribution < -0.4 is 4.90 Å². The second-order valence-electron chi connectivity index (χ2n) is 7.11. The van der Waals surface area contributed by atoms with Gasteiger partial charge in [-0.1, -0.05) is 42.8 Å². The van der Waals surface area contributed by atoms with Crippen LogP contribution in [0.4, 0.5) is 5.82 Å². The molecule has 2 fully saturated rings. The monoisotopic (exact) mass is 321 g/mol. The first kappa shape index (κ1) is 15.6. The first-order valence-corrected chi connectivity index (χ1v) is 9.39. The van der Waals surface area contributed by atoms with Crippen molar-refractivity contribution in [3.05, 3.63) is 59.8 Å². The lowest BCUT2D eigenvalue weighted by Crippen LogP contribution is -2.33. The number of hydrogen-bond donors (Lipinski definition) is 0. The Morgan fingerprint density at radius 3 is 2.42 bits per heavy atom. The van der Waals surface area contributed by atoms with Gasteiger partial charge in [-0.3, -0.25) is 4.90 Å². The number of rotatable bonds is 4. The Bertz CT molecular complexity index is 632. The molecule has 2 saturated heterocycles. The van der Waals surface area contributed by atoms with E-state index in [-0.39, 0.29) is 0 Å². The Balaban J connectivity index is 1.49. The van der Waals surface area contributed by atoms with E-state index < -0.39 is 0 Å². The van der Waals surface area contributed by atoms with Gasteiger partial charge in [-0.25, -0.2) is 4.98 Å². The van der Waals surface area contributed by atoms with Gasteiger partial charge in [-0.05, 0) is 49.4 Å². The summed E-state index contributed by atoms with van der Waals surface area (Å²) in [7, 11) is 0. The van der Waals surface area contributed by atoms with Gasteiger partial charge >= 0.3 is 0 Å². The SMILES string of the molecule is c1ccc(CN2CCCCC2c2ccc(N3CCCC3)nc2)cc1. The Morgan fingerprint density at radius 2 is 1.67 bits per heavy atom. The molecule has 2 aromatic rings. The maximum atomic E-state index is 4.78. The lowest BCUT2D eigenvalue weighted by molar-refractivity contribution is 0.140. The molecule has 1 aromatic carbocycles. The van der Waals surface area contributed by atoms with Gasteiger partial charge in [0.25, 0.3) is 0 Å². The average Bonchev–Trinajstić information content (AvgIpc) is 3.18. The molecule has 0 bridgehead atoms. The van der Waals surface area contributed by atoms with Gasteiger partial charge in [-0.15, -0.1) is 0 Å². The molecule has 2 aliphatic rings. The second kappa shape index (κ2) is 7.35. The van der Waals surface area contributed by atoms with Crippen molar-refractivity contribution in [2.75, 3.05) is 24.5 Å². The number of anilines is 1. The molecule has 3 heterocycles. The van der Waals surface area contributed by atoms with E-state index in [1.807, 2.05) is 0 Å². The fourth-order valence-electron chi connectivity index (χ4n) is 4.10. The minimum Gasteiger partial charge on any atom is -0.357 e. The summed E-state index contributed by atoms with van der Waals surface area (Å²) >= 11 is 0. The van der Waals surface area contributed by atoms with Crippen molar-refractivity contribution in [2.45, 2.75) is 44.7 Å². The van der Waals surface area contributed by atoms with E-state index >= 15 is 0 Å². The van der Waals surface area contributed by atoms with Crippen LogP contribution in [0.25, 0.3) is 0 Å². The first-order chi connectivity index (χ1) is 11.9. The highest BCUT2D eigenvalue weighted by molar-refractivity contribution is 5.40. The van der Waals surface area contributed by atoms with Crippen LogP contribution >= 0.6 is 0 Å². The standard InChI is InChI=1S/C21H27N3/c1-2-8-18(9-3-1)17-24-15-5-4-10-20(24)19-11-12-21(22-16-19)23-13-6-7-14-23/h1-3,8-9,11-12,16,20H,4-7,10,13-15,17H2. The van der Waals surface area contributed by atoms with Gasteiger partial charge in [0, 0.05) is 31.9 Å². The number of aromatic nitrogens is 1. The highest BCUT2D eigenvalue weighted by atomic mass is 15.2. The molecule has 3 nitrogen and oxygen atoms in total. The number of hydrogen-bond acceptors (Lipinski definition) is 3. The lowest BCUT2D eigenvalue weighted by Gasteiger charge is -2.36. The third-order valence-corrected chi connectivity index (χ3v) is 5.43. The molecule has 0 N–H and O–H groups in total. The van der Waals surface area contributed by atoms with Crippen LogP contribution in [0.5, 0.6) is 0 Å². The Hall–Kier alpha value is -1.87. The van der Waals surface area contributed by atoms with Crippen LogP contribution in [-0.4, -0.2) is 29.5 Å². The minimum absolute atomic E-state index is 0.513. The van der Waals surface area contributed by atoms with E-state index in [9.17, 15) is 0 Å². The van der Waals surface area contributed by atoms with Crippen LogP contribution in [0.2, 0.25) is 0 Å². The highest BCUT2D eigenvalue weighted by Crippen LogP contribution is 2.32. The van der Waals surface area contributed by atoms with Crippen LogP contribution in [0, 0.1) is 0 Å². The maximum absolute atomic E-state index is 4.78. The molecule has 1 aromatic heterocycles. The van der Waals surface area contributed by atoms with E-state index in [0.29, 0.717) is 6.04 Å². The summed E-state index contributed by atoms with van der Waals surface area (Å²) in [6.45, 7) is 4.55. The van der Waals surface area contributed by atoms with E-state index in [1.165, 1.54) is 49.8 Å². The molecule has 2 aliphatic heterocycles. The number of benzene rings is 1. The van der Waals surface area contributed by atoms with Gasteiger partial charge < -0.3 is 4.90 Å². The predicted molar refractivity (Wildman–Crippen MR) is 99.1 cm³/mol. The van der Waals surface area contributed by atoms with E-state index in [0.717, 1.165) is 25.5 Å². The molecule has 0 radical (unpaired) electrons. The zero-order valence-corrected chi connectivity index (χ0v) is 14.4. The van der Waals surface area contributed by atoms with E-state index in [2.05, 4.69) is 58.5 Å². The molecule has 1 atom stereocenters. The number of pyridine rings is 1. The molecule has 0 saturated carbocycles. The van der Waals surface area contributed by atoms with Crippen molar-refractivity contribution in [1.29, 1.82) is 0 Å². The van der Waals surface area contributed by atoms with Gasteiger partial charge in [-0.2, -0.15) is 0 Å². The average molecular weight is 321 g/mol. The largest absolute Gasteiger partial charge is 0.357 e. The van der Waals surface area contributed by atoms with Crippen LogP contribution in [0.1, 0.15) is 49.3 Å². The van der Waals surface area contributed by atoms with E-state index in [1.54, 1.807) is 0 Å². The number of piperidine rings is 1. The first-order valence-electron chi connectivity index (χ1n) is 9.39. The molecule has 4 rings (SSSR count). The van der Waals surface area contributed by atoms with Crippen molar-refractivity contribution in [2.24, 2.45) is 0 Å². The lowest BCUT2D eigenvalue weighted by atomic mass is 9.95. The molecule has 0 aliphatic carbocycles. The van der Waals surface area contributed by atoms with Gasteiger partial charge in [0.2, 0.25) is 0 Å². The molecule has 126 valence electrons. The number of nitrogens with zero attached hydrogens (tertiary/aromatic N) is 3. The van der Waals surface area contributed by atoms with Crippen molar-refractivity contribution in [3.8, 4) is 0 Å². The van der Waals surface area contributed by atoms with Crippen molar-refractivity contribution in [1.82, 2.24) is 9.88 Å². The molecule has 0 amide bonds. The molecular weight excluding hydrogens is 294 g/mol. The molecular formula is C21H27N3. The third kappa shape index (κ3) is 3.46. The fraction of sp³-hybridized carbons (Fsp3) is 0.476. The zero-order valence-electron chi connectivity index (χ0n) is 14.4. The molecule has 0 spiro atoms. The quantitative estimate of drug-likeness (QED) is 0.831. The summed E-state index contributed by atoms with van der Waals surface area (Å²) in [5.41, 5.74) is 2.79. The summed E-state index contributed by atoms with van der Waals surface area (Å²) in [6.07, 6.45) is 8.61. The second-order valence-corrected chi connectivity index (χ2v) is 7.11. The van der Waals surface area contributed by atoms with Crippen molar-refractivity contribution in [3.63, 3.8) is 0 Å². The molecule has 24 heavy (non-hydrogen) atoms. The maximum Gasteiger partial charge on any atom is 0.128 e. The number of likely N-dealkylation sites (tertiary alicyclic amines) is 1. The fourth-order valence-corrected chi connectivity index (χ4v) is 4.10. The Kier molecular flexibility index (Phi) is 4.79. The predicted octanol–water partition coefficient (Wildman–Crippen LogP) is 4.41. The van der Waals surface area contributed by atoms with Crippen molar-refractivity contribution >= 4 is 5.82 Å². The van der Waals surface area contributed by atoms with Gasteiger partial charge in [0.05, 0.1) is 0 Å². The summed E-state index contributed by atoms with van der Waals surface area (Å²) in [5, 5.41) is 0. The van der Waals surface area contributed by atoms with Gasteiger partial charge in [0.15, 0.2) is 0 Å². The smallest absolute Gasteiger partial charge is 0.128 e. The summed E-state index contributed by atoms with van der Waals surface area (Å²) in [6, 6.07) is 15.9. The van der Waals surface area contributed by atoms with Crippen LogP contribution in [-0.2, 0) is 6.54 Å².